The lowest BCUT2D eigenvalue weighted by Gasteiger charge is -2.32. The van der Waals surface area contributed by atoms with Gasteiger partial charge in [0.25, 0.3) is 0 Å². The number of rotatable bonds is 8. The third-order valence-electron chi connectivity index (χ3n) is 11.1. The van der Waals surface area contributed by atoms with Crippen LogP contribution in [0.1, 0.15) is 0 Å². The second-order valence-corrected chi connectivity index (χ2v) is 14.4. The lowest BCUT2D eigenvalue weighted by atomic mass is 9.89. The molecule has 0 saturated carbocycles. The Labute approximate surface area is 334 Å². The molecule has 0 spiro atoms. The van der Waals surface area contributed by atoms with Gasteiger partial charge in [-0.2, -0.15) is 0 Å². The molecule has 0 unspecified atom stereocenters. The molecular formula is C56H39N. The summed E-state index contributed by atoms with van der Waals surface area (Å²) in [5.41, 5.74) is 15.1. The van der Waals surface area contributed by atoms with Crippen LogP contribution in [0.25, 0.3) is 77.2 Å². The van der Waals surface area contributed by atoms with Crippen LogP contribution >= 0.6 is 0 Å². The van der Waals surface area contributed by atoms with Gasteiger partial charge in [0.1, 0.15) is 0 Å². The first-order valence-corrected chi connectivity index (χ1v) is 19.6. The van der Waals surface area contributed by atoms with Gasteiger partial charge in [-0.05, 0) is 84.8 Å². The number of nitrogens with zero attached hydrogens (tertiary/aromatic N) is 1. The molecule has 10 aromatic rings. The first kappa shape index (κ1) is 34.0. The summed E-state index contributed by atoms with van der Waals surface area (Å²) >= 11 is 0. The number of hydrogen-bond donors (Lipinski definition) is 0. The smallest absolute Gasteiger partial charge is 0.0540 e. The summed E-state index contributed by atoms with van der Waals surface area (Å²) in [6.07, 6.45) is 0. The molecule has 0 atom stereocenters. The summed E-state index contributed by atoms with van der Waals surface area (Å²) in [6, 6.07) is 85.8. The van der Waals surface area contributed by atoms with Crippen molar-refractivity contribution in [2.45, 2.75) is 0 Å². The van der Waals surface area contributed by atoms with Crippen molar-refractivity contribution in [3.8, 4) is 55.6 Å². The van der Waals surface area contributed by atoms with Crippen LogP contribution in [0.5, 0.6) is 0 Å². The number of hydrogen-bond acceptors (Lipinski definition) is 1. The molecular weight excluding hydrogens is 687 g/mol. The molecule has 1 nitrogen and oxygen atoms in total. The van der Waals surface area contributed by atoms with E-state index in [0.717, 1.165) is 39.3 Å². The topological polar surface area (TPSA) is 3.24 Å². The number of para-hydroxylation sites is 2. The van der Waals surface area contributed by atoms with Gasteiger partial charge >= 0.3 is 0 Å². The van der Waals surface area contributed by atoms with E-state index in [2.05, 4.69) is 241 Å². The molecule has 10 aromatic carbocycles. The van der Waals surface area contributed by atoms with Crippen LogP contribution in [0.2, 0.25) is 0 Å². The van der Waals surface area contributed by atoms with Gasteiger partial charge in [0.2, 0.25) is 0 Å². The van der Waals surface area contributed by atoms with Crippen molar-refractivity contribution in [1.82, 2.24) is 0 Å². The van der Waals surface area contributed by atoms with Gasteiger partial charge < -0.3 is 4.90 Å². The van der Waals surface area contributed by atoms with Gasteiger partial charge in [-0.15, -0.1) is 0 Å². The van der Waals surface area contributed by atoms with E-state index < -0.39 is 0 Å². The van der Waals surface area contributed by atoms with Crippen LogP contribution < -0.4 is 4.90 Å². The van der Waals surface area contributed by atoms with Crippen LogP contribution in [-0.4, -0.2) is 0 Å². The fourth-order valence-corrected chi connectivity index (χ4v) is 8.46. The van der Waals surface area contributed by atoms with Crippen LogP contribution in [0.3, 0.4) is 0 Å². The van der Waals surface area contributed by atoms with E-state index in [1.807, 2.05) is 0 Å². The highest BCUT2D eigenvalue weighted by molar-refractivity contribution is 6.10. The highest BCUT2D eigenvalue weighted by Gasteiger charge is 2.25. The molecule has 10 rings (SSSR count). The van der Waals surface area contributed by atoms with Gasteiger partial charge in [-0.3, -0.25) is 0 Å². The summed E-state index contributed by atoms with van der Waals surface area (Å²) in [6.45, 7) is 0. The maximum atomic E-state index is 2.51. The molecule has 1 heteroatoms. The van der Waals surface area contributed by atoms with E-state index in [1.54, 1.807) is 0 Å². The van der Waals surface area contributed by atoms with Gasteiger partial charge in [-0.25, -0.2) is 0 Å². The molecule has 0 saturated heterocycles. The van der Waals surface area contributed by atoms with Crippen LogP contribution in [0, 0.1) is 0 Å². The predicted molar refractivity (Wildman–Crippen MR) is 243 cm³/mol. The van der Waals surface area contributed by atoms with Crippen molar-refractivity contribution in [3.05, 3.63) is 237 Å². The van der Waals surface area contributed by atoms with E-state index >= 15 is 0 Å². The highest BCUT2D eigenvalue weighted by atomic mass is 15.1. The third-order valence-corrected chi connectivity index (χ3v) is 11.1. The average molecular weight is 726 g/mol. The van der Waals surface area contributed by atoms with Gasteiger partial charge in [0.15, 0.2) is 0 Å². The van der Waals surface area contributed by atoms with Gasteiger partial charge in [0, 0.05) is 16.7 Å². The van der Waals surface area contributed by atoms with Gasteiger partial charge in [-0.1, -0.05) is 212 Å². The van der Waals surface area contributed by atoms with E-state index in [9.17, 15) is 0 Å². The Morgan fingerprint density at radius 2 is 0.667 bits per heavy atom. The van der Waals surface area contributed by atoms with Crippen molar-refractivity contribution in [3.63, 3.8) is 0 Å². The number of anilines is 3. The second-order valence-electron chi connectivity index (χ2n) is 14.4. The molecule has 0 aromatic heterocycles. The first-order valence-electron chi connectivity index (χ1n) is 19.6. The fraction of sp³-hybridized carbons (Fsp3) is 0. The lowest BCUT2D eigenvalue weighted by Crippen LogP contribution is -2.14. The molecule has 0 amide bonds. The zero-order valence-electron chi connectivity index (χ0n) is 31.5. The first-order chi connectivity index (χ1) is 28.3. The Morgan fingerprint density at radius 1 is 0.228 bits per heavy atom. The number of benzene rings is 10. The average Bonchev–Trinajstić information content (AvgIpc) is 3.30. The summed E-state index contributed by atoms with van der Waals surface area (Å²) < 4.78 is 0. The normalized spacial score (nSPS) is 11.2. The largest absolute Gasteiger partial charge is 0.309 e. The summed E-state index contributed by atoms with van der Waals surface area (Å²) in [5, 5.41) is 4.90. The van der Waals surface area contributed by atoms with Crippen molar-refractivity contribution in [2.24, 2.45) is 0 Å². The van der Waals surface area contributed by atoms with Crippen molar-refractivity contribution < 1.29 is 0 Å². The van der Waals surface area contributed by atoms with Crippen molar-refractivity contribution >= 4 is 38.6 Å². The third kappa shape index (κ3) is 6.36. The van der Waals surface area contributed by atoms with E-state index in [-0.39, 0.29) is 0 Å². The summed E-state index contributed by atoms with van der Waals surface area (Å²) in [5.74, 6) is 0. The molecule has 0 N–H and O–H groups in total. The Balaban J connectivity index is 1.29. The predicted octanol–water partition coefficient (Wildman–Crippen LogP) is 15.8. The minimum Gasteiger partial charge on any atom is -0.309 e. The molecule has 0 radical (unpaired) electrons. The minimum absolute atomic E-state index is 1.10. The van der Waals surface area contributed by atoms with Crippen molar-refractivity contribution in [2.75, 3.05) is 4.90 Å². The van der Waals surface area contributed by atoms with Crippen LogP contribution in [0.4, 0.5) is 17.1 Å². The van der Waals surface area contributed by atoms with Gasteiger partial charge in [0.05, 0.1) is 17.1 Å². The lowest BCUT2D eigenvalue weighted by molar-refractivity contribution is 1.28. The minimum atomic E-state index is 1.10. The molecule has 0 aliphatic heterocycles. The molecule has 57 heavy (non-hydrogen) atoms. The molecule has 0 fully saturated rings. The SMILES string of the molecule is c1ccc(-c2ccc(N(c3ccccc3-c3cccc4ccccc34)c3ccccc3-c3cccc4cccc(-c5ccccc5)c34)c(-c3ccccc3)c2)cc1. The second kappa shape index (κ2) is 15.0. The molecule has 0 heterocycles. The van der Waals surface area contributed by atoms with E-state index in [4.69, 9.17) is 0 Å². The summed E-state index contributed by atoms with van der Waals surface area (Å²) in [7, 11) is 0. The van der Waals surface area contributed by atoms with E-state index in [0.29, 0.717) is 0 Å². The zero-order valence-corrected chi connectivity index (χ0v) is 31.5. The number of fused-ring (bicyclic) bond motifs is 2. The maximum Gasteiger partial charge on any atom is 0.0540 e. The van der Waals surface area contributed by atoms with Crippen molar-refractivity contribution in [1.29, 1.82) is 0 Å². The molecule has 0 bridgehead atoms. The standard InChI is InChI=1S/C56H39N/c1-4-19-40(20-5-1)45-37-38-55(52(39-45)43-23-8-3-9-24-43)57(53-35-14-12-30-49(53)48-33-16-26-41-25-10-11-29-46(41)48)54-36-15-13-31-50(54)51-34-18-28-44-27-17-32-47(56(44)51)42-21-6-2-7-22-42/h1-39H. The fourth-order valence-electron chi connectivity index (χ4n) is 8.46. The Hall–Kier alpha value is -7.48. The Kier molecular flexibility index (Phi) is 8.95. The zero-order chi connectivity index (χ0) is 38.0. The summed E-state index contributed by atoms with van der Waals surface area (Å²) in [4.78, 5) is 2.51. The van der Waals surface area contributed by atoms with E-state index in [1.165, 1.54) is 54.9 Å². The molecule has 0 aliphatic carbocycles. The molecule has 268 valence electrons. The quantitative estimate of drug-likeness (QED) is 0.151. The Bertz CT molecular complexity index is 2990. The van der Waals surface area contributed by atoms with Crippen LogP contribution in [0.15, 0.2) is 237 Å². The maximum absolute atomic E-state index is 2.51. The molecule has 0 aliphatic rings. The highest BCUT2D eigenvalue weighted by Crippen LogP contribution is 2.50. The Morgan fingerprint density at radius 3 is 1.33 bits per heavy atom. The van der Waals surface area contributed by atoms with Crippen LogP contribution in [-0.2, 0) is 0 Å². The monoisotopic (exact) mass is 725 g/mol.